The van der Waals surface area contributed by atoms with Gasteiger partial charge in [-0.25, -0.2) is 0 Å². The van der Waals surface area contributed by atoms with Crippen LogP contribution in [0, 0.1) is 0 Å². The number of aliphatic hydroxyl groups is 1. The molecule has 2 aromatic carbocycles. The van der Waals surface area contributed by atoms with E-state index in [-0.39, 0.29) is 18.3 Å². The summed E-state index contributed by atoms with van der Waals surface area (Å²) in [4.78, 5) is 12.5. The Morgan fingerprint density at radius 1 is 1.04 bits per heavy atom. The fourth-order valence-electron chi connectivity index (χ4n) is 2.80. The third-order valence-electron chi connectivity index (χ3n) is 4.11. The standard InChI is InChI=1S/C21H21NO3/c1-14(2)16-8-5-6-10-18(16)22-21(24)20-12-11-19(25-20)17-9-4-3-7-15(17)13-23/h3-12,14,23H,13H2,1-2H3,(H,22,24). The number of rotatable bonds is 5. The molecule has 0 aliphatic rings. The van der Waals surface area contributed by atoms with E-state index in [1.165, 1.54) is 0 Å². The van der Waals surface area contributed by atoms with Gasteiger partial charge in [0.1, 0.15) is 5.76 Å². The largest absolute Gasteiger partial charge is 0.451 e. The van der Waals surface area contributed by atoms with Gasteiger partial charge in [0.15, 0.2) is 5.76 Å². The van der Waals surface area contributed by atoms with E-state index >= 15 is 0 Å². The predicted molar refractivity (Wildman–Crippen MR) is 98.6 cm³/mol. The zero-order valence-corrected chi connectivity index (χ0v) is 14.3. The van der Waals surface area contributed by atoms with Crippen molar-refractivity contribution in [1.29, 1.82) is 0 Å². The number of hydrogen-bond acceptors (Lipinski definition) is 3. The molecule has 0 spiro atoms. The Bertz CT molecular complexity index is 880. The van der Waals surface area contributed by atoms with Crippen LogP contribution in [-0.2, 0) is 6.61 Å². The van der Waals surface area contributed by atoms with Crippen LogP contribution in [0.3, 0.4) is 0 Å². The third-order valence-corrected chi connectivity index (χ3v) is 4.11. The van der Waals surface area contributed by atoms with Crippen LogP contribution in [0.15, 0.2) is 65.1 Å². The minimum Gasteiger partial charge on any atom is -0.451 e. The van der Waals surface area contributed by atoms with Crippen LogP contribution in [0.5, 0.6) is 0 Å². The average Bonchev–Trinajstić information content (AvgIpc) is 3.12. The molecule has 1 amide bonds. The highest BCUT2D eigenvalue weighted by Crippen LogP contribution is 2.27. The van der Waals surface area contributed by atoms with Crippen molar-refractivity contribution >= 4 is 11.6 Å². The maximum atomic E-state index is 12.5. The molecule has 0 radical (unpaired) electrons. The van der Waals surface area contributed by atoms with Gasteiger partial charge in [-0.05, 0) is 35.2 Å². The highest BCUT2D eigenvalue weighted by Gasteiger charge is 2.16. The second-order valence-corrected chi connectivity index (χ2v) is 6.18. The quantitative estimate of drug-likeness (QED) is 0.703. The smallest absolute Gasteiger partial charge is 0.291 e. The molecular weight excluding hydrogens is 314 g/mol. The Kier molecular flexibility index (Phi) is 5.00. The van der Waals surface area contributed by atoms with E-state index in [9.17, 15) is 9.90 Å². The fourth-order valence-corrected chi connectivity index (χ4v) is 2.80. The molecule has 0 fully saturated rings. The predicted octanol–water partition coefficient (Wildman–Crippen LogP) is 4.81. The minimum atomic E-state index is -0.291. The highest BCUT2D eigenvalue weighted by molar-refractivity contribution is 6.03. The lowest BCUT2D eigenvalue weighted by Gasteiger charge is -2.12. The van der Waals surface area contributed by atoms with Gasteiger partial charge in [0, 0.05) is 11.3 Å². The molecule has 0 saturated carbocycles. The van der Waals surface area contributed by atoms with E-state index in [1.807, 2.05) is 48.5 Å². The Morgan fingerprint density at radius 3 is 2.52 bits per heavy atom. The summed E-state index contributed by atoms with van der Waals surface area (Å²) in [5.41, 5.74) is 3.41. The van der Waals surface area contributed by atoms with Gasteiger partial charge in [0.2, 0.25) is 0 Å². The first-order valence-corrected chi connectivity index (χ1v) is 8.29. The van der Waals surface area contributed by atoms with Crippen molar-refractivity contribution in [3.05, 3.63) is 77.6 Å². The van der Waals surface area contributed by atoms with Gasteiger partial charge in [-0.3, -0.25) is 4.79 Å². The van der Waals surface area contributed by atoms with Crippen molar-refractivity contribution in [2.24, 2.45) is 0 Å². The maximum Gasteiger partial charge on any atom is 0.291 e. The molecule has 1 aromatic heterocycles. The zero-order chi connectivity index (χ0) is 17.8. The molecule has 0 unspecified atom stereocenters. The van der Waals surface area contributed by atoms with Crippen LogP contribution >= 0.6 is 0 Å². The zero-order valence-electron chi connectivity index (χ0n) is 14.3. The van der Waals surface area contributed by atoms with Crippen molar-refractivity contribution < 1.29 is 14.3 Å². The molecule has 4 nitrogen and oxygen atoms in total. The number of aliphatic hydroxyl groups excluding tert-OH is 1. The van der Waals surface area contributed by atoms with Crippen molar-refractivity contribution in [2.75, 3.05) is 5.32 Å². The van der Waals surface area contributed by atoms with Gasteiger partial charge in [0.25, 0.3) is 5.91 Å². The van der Waals surface area contributed by atoms with Gasteiger partial charge < -0.3 is 14.8 Å². The number of carbonyl (C=O) groups is 1. The lowest BCUT2D eigenvalue weighted by atomic mass is 10.0. The summed E-state index contributed by atoms with van der Waals surface area (Å²) in [5, 5.41) is 12.4. The summed E-state index contributed by atoms with van der Waals surface area (Å²) in [5.74, 6) is 0.814. The van der Waals surface area contributed by atoms with Gasteiger partial charge in [-0.1, -0.05) is 56.3 Å². The van der Waals surface area contributed by atoms with Gasteiger partial charge >= 0.3 is 0 Å². The molecular formula is C21H21NO3. The number of anilines is 1. The molecule has 0 bridgehead atoms. The number of nitrogens with one attached hydrogen (secondary N) is 1. The number of para-hydroxylation sites is 1. The van der Waals surface area contributed by atoms with Crippen molar-refractivity contribution in [2.45, 2.75) is 26.4 Å². The second kappa shape index (κ2) is 7.36. The molecule has 4 heteroatoms. The molecule has 3 aromatic rings. The Labute approximate surface area is 147 Å². The third kappa shape index (κ3) is 3.64. The van der Waals surface area contributed by atoms with Gasteiger partial charge in [-0.2, -0.15) is 0 Å². The van der Waals surface area contributed by atoms with Crippen LogP contribution in [0.1, 0.15) is 41.4 Å². The summed E-state index contributed by atoms with van der Waals surface area (Å²) in [7, 11) is 0. The molecule has 0 saturated heterocycles. The molecule has 0 aliphatic carbocycles. The fraction of sp³-hybridized carbons (Fsp3) is 0.190. The number of amides is 1. The molecule has 128 valence electrons. The average molecular weight is 335 g/mol. The van der Waals surface area contributed by atoms with E-state index in [2.05, 4.69) is 19.2 Å². The lowest BCUT2D eigenvalue weighted by molar-refractivity contribution is 0.0997. The normalized spacial score (nSPS) is 10.9. The number of hydrogen-bond donors (Lipinski definition) is 2. The topological polar surface area (TPSA) is 62.5 Å². The molecule has 0 atom stereocenters. The summed E-state index contributed by atoms with van der Waals surface area (Å²) >= 11 is 0. The summed E-state index contributed by atoms with van der Waals surface area (Å²) < 4.78 is 5.72. The van der Waals surface area contributed by atoms with Gasteiger partial charge in [0.05, 0.1) is 6.61 Å². The van der Waals surface area contributed by atoms with Crippen molar-refractivity contribution in [1.82, 2.24) is 0 Å². The first-order valence-electron chi connectivity index (χ1n) is 8.29. The molecule has 25 heavy (non-hydrogen) atoms. The highest BCUT2D eigenvalue weighted by atomic mass is 16.4. The van der Waals surface area contributed by atoms with Crippen LogP contribution in [-0.4, -0.2) is 11.0 Å². The summed E-state index contributed by atoms with van der Waals surface area (Å²) in [6.45, 7) is 4.09. The summed E-state index contributed by atoms with van der Waals surface area (Å²) in [6, 6.07) is 18.6. The Hall–Kier alpha value is -2.85. The minimum absolute atomic E-state index is 0.0832. The number of benzene rings is 2. The lowest BCUT2D eigenvalue weighted by Crippen LogP contribution is -2.12. The van der Waals surface area contributed by atoms with E-state index in [1.54, 1.807) is 12.1 Å². The van der Waals surface area contributed by atoms with Crippen LogP contribution in [0.25, 0.3) is 11.3 Å². The maximum absolute atomic E-state index is 12.5. The molecule has 2 N–H and O–H groups in total. The first kappa shape index (κ1) is 17.0. The second-order valence-electron chi connectivity index (χ2n) is 6.18. The van der Waals surface area contributed by atoms with E-state index < -0.39 is 0 Å². The number of furan rings is 1. The summed E-state index contributed by atoms with van der Waals surface area (Å²) in [6.07, 6.45) is 0. The molecule has 3 rings (SSSR count). The van der Waals surface area contributed by atoms with Crippen molar-refractivity contribution in [3.63, 3.8) is 0 Å². The Balaban J connectivity index is 1.84. The monoisotopic (exact) mass is 335 g/mol. The molecule has 0 aliphatic heterocycles. The SMILES string of the molecule is CC(C)c1ccccc1NC(=O)c1ccc(-c2ccccc2CO)o1. The Morgan fingerprint density at radius 2 is 1.76 bits per heavy atom. The van der Waals surface area contributed by atoms with Crippen molar-refractivity contribution in [3.8, 4) is 11.3 Å². The first-order chi connectivity index (χ1) is 12.1. The van der Waals surface area contributed by atoms with E-state index in [0.29, 0.717) is 11.7 Å². The van der Waals surface area contributed by atoms with Crippen LogP contribution in [0.2, 0.25) is 0 Å². The van der Waals surface area contributed by atoms with Crippen LogP contribution in [0.4, 0.5) is 5.69 Å². The van der Waals surface area contributed by atoms with E-state index in [0.717, 1.165) is 22.4 Å². The number of carbonyl (C=O) groups excluding carboxylic acids is 1. The molecule has 1 heterocycles. The van der Waals surface area contributed by atoms with E-state index in [4.69, 9.17) is 4.42 Å². The van der Waals surface area contributed by atoms with Crippen LogP contribution < -0.4 is 5.32 Å². The van der Waals surface area contributed by atoms with Gasteiger partial charge in [-0.15, -0.1) is 0 Å².